The molecule has 0 spiro atoms. The molecule has 1 heterocycles. The Hall–Kier alpha value is -1.61. The molecule has 3 heteroatoms. The Bertz CT molecular complexity index is 599. The topological polar surface area (TPSA) is 42.1 Å². The number of nitrogens with zero attached hydrogens (tertiary/aromatic N) is 2. The number of aromatic nitrogens is 1. The van der Waals surface area contributed by atoms with E-state index in [1.807, 2.05) is 24.4 Å². The Morgan fingerprint density at radius 3 is 2.60 bits per heavy atom. The number of pyridine rings is 1. The van der Waals surface area contributed by atoms with Crippen molar-refractivity contribution in [1.82, 2.24) is 9.88 Å². The maximum Gasteiger partial charge on any atom is 0.0767 e. The Balaban J connectivity index is 2.33. The molecule has 0 saturated heterocycles. The van der Waals surface area contributed by atoms with E-state index in [1.54, 1.807) is 0 Å². The van der Waals surface area contributed by atoms with Gasteiger partial charge >= 0.3 is 0 Å². The molecule has 0 radical (unpaired) electrons. The fraction of sp³-hybridized carbons (Fsp3) is 0.471. The highest BCUT2D eigenvalue weighted by atomic mass is 15.1. The number of nitrogen functional groups attached to an aromatic ring is 1. The predicted octanol–water partition coefficient (Wildman–Crippen LogP) is 3.68. The number of rotatable bonds is 3. The summed E-state index contributed by atoms with van der Waals surface area (Å²) in [5.74, 6) is 0. The summed E-state index contributed by atoms with van der Waals surface area (Å²) in [5.41, 5.74) is 9.33. The van der Waals surface area contributed by atoms with Crippen molar-refractivity contribution in [3.63, 3.8) is 0 Å². The normalized spacial score (nSPS) is 13.9. The largest absolute Gasteiger partial charge is 0.398 e. The molecule has 0 amide bonds. The van der Waals surface area contributed by atoms with Gasteiger partial charge < -0.3 is 5.73 Å². The number of hydrogen-bond acceptors (Lipinski definition) is 3. The van der Waals surface area contributed by atoms with Gasteiger partial charge in [-0.1, -0.05) is 26.8 Å². The van der Waals surface area contributed by atoms with Crippen molar-refractivity contribution in [2.75, 3.05) is 12.8 Å². The second-order valence-electron chi connectivity index (χ2n) is 6.67. The number of hydrogen-bond donors (Lipinski definition) is 1. The van der Waals surface area contributed by atoms with Crippen LogP contribution in [0.5, 0.6) is 0 Å². The molecule has 0 aliphatic carbocycles. The van der Waals surface area contributed by atoms with Crippen LogP contribution in [-0.2, 0) is 6.54 Å². The summed E-state index contributed by atoms with van der Waals surface area (Å²) in [5, 5.41) is 1.04. The lowest BCUT2D eigenvalue weighted by atomic mass is 9.87. The highest BCUT2D eigenvalue weighted by Crippen LogP contribution is 2.27. The van der Waals surface area contributed by atoms with E-state index in [4.69, 9.17) is 5.73 Å². The van der Waals surface area contributed by atoms with Gasteiger partial charge in [-0.15, -0.1) is 0 Å². The smallest absolute Gasteiger partial charge is 0.0767 e. The molecule has 0 bridgehead atoms. The van der Waals surface area contributed by atoms with Crippen LogP contribution in [0.2, 0.25) is 0 Å². The molecular weight excluding hydrogens is 246 g/mol. The number of benzene rings is 1. The molecule has 0 saturated carbocycles. The fourth-order valence-corrected chi connectivity index (χ4v) is 2.45. The van der Waals surface area contributed by atoms with Gasteiger partial charge in [0, 0.05) is 29.9 Å². The lowest BCUT2D eigenvalue weighted by Crippen LogP contribution is -2.38. The molecule has 2 rings (SSSR count). The molecule has 1 unspecified atom stereocenters. The third-order valence-electron chi connectivity index (χ3n) is 4.22. The van der Waals surface area contributed by atoms with Gasteiger partial charge in [0.05, 0.1) is 5.52 Å². The molecule has 3 nitrogen and oxygen atoms in total. The summed E-state index contributed by atoms with van der Waals surface area (Å²) >= 11 is 0. The minimum Gasteiger partial charge on any atom is -0.398 e. The van der Waals surface area contributed by atoms with Gasteiger partial charge in [-0.05, 0) is 43.1 Å². The Morgan fingerprint density at radius 1 is 1.25 bits per heavy atom. The summed E-state index contributed by atoms with van der Waals surface area (Å²) in [6, 6.07) is 8.53. The molecule has 2 aromatic rings. The third kappa shape index (κ3) is 2.93. The second kappa shape index (κ2) is 5.41. The van der Waals surface area contributed by atoms with Gasteiger partial charge in [0.25, 0.3) is 0 Å². The first-order valence-electron chi connectivity index (χ1n) is 7.13. The van der Waals surface area contributed by atoms with Gasteiger partial charge in [-0.3, -0.25) is 9.88 Å². The third-order valence-corrected chi connectivity index (χ3v) is 4.22. The number of anilines is 1. The lowest BCUT2D eigenvalue weighted by molar-refractivity contribution is 0.135. The molecule has 0 aliphatic heterocycles. The van der Waals surface area contributed by atoms with Crippen LogP contribution in [0.3, 0.4) is 0 Å². The van der Waals surface area contributed by atoms with Crippen molar-refractivity contribution in [3.8, 4) is 0 Å². The first-order chi connectivity index (χ1) is 9.30. The monoisotopic (exact) mass is 271 g/mol. The van der Waals surface area contributed by atoms with E-state index in [2.05, 4.69) is 50.7 Å². The van der Waals surface area contributed by atoms with E-state index in [-0.39, 0.29) is 5.41 Å². The molecule has 20 heavy (non-hydrogen) atoms. The van der Waals surface area contributed by atoms with Crippen molar-refractivity contribution >= 4 is 16.6 Å². The van der Waals surface area contributed by atoms with Crippen molar-refractivity contribution in [3.05, 3.63) is 36.0 Å². The van der Waals surface area contributed by atoms with Crippen LogP contribution < -0.4 is 5.73 Å². The Morgan fingerprint density at radius 2 is 1.95 bits per heavy atom. The Labute approximate surface area is 121 Å². The van der Waals surface area contributed by atoms with E-state index in [0.717, 1.165) is 23.1 Å². The van der Waals surface area contributed by atoms with Gasteiger partial charge in [-0.2, -0.15) is 0 Å². The standard InChI is InChI=1S/C17H25N3/c1-12(17(2,3)4)20(5)11-13-8-9-15(18)14-7-6-10-19-16(13)14/h6-10,12H,11,18H2,1-5H3. The minimum absolute atomic E-state index is 0.256. The van der Waals surface area contributed by atoms with E-state index < -0.39 is 0 Å². The maximum absolute atomic E-state index is 6.03. The van der Waals surface area contributed by atoms with Crippen molar-refractivity contribution in [2.24, 2.45) is 5.41 Å². The molecule has 108 valence electrons. The molecule has 0 aliphatic rings. The average molecular weight is 271 g/mol. The predicted molar refractivity (Wildman–Crippen MR) is 86.5 cm³/mol. The van der Waals surface area contributed by atoms with Gasteiger partial charge in [0.1, 0.15) is 0 Å². The molecule has 1 aromatic carbocycles. The van der Waals surface area contributed by atoms with Crippen LogP contribution in [0.25, 0.3) is 10.9 Å². The maximum atomic E-state index is 6.03. The summed E-state index contributed by atoms with van der Waals surface area (Å²) in [7, 11) is 2.17. The van der Waals surface area contributed by atoms with Crippen LogP contribution in [0.15, 0.2) is 30.5 Å². The van der Waals surface area contributed by atoms with E-state index >= 15 is 0 Å². The first-order valence-corrected chi connectivity index (χ1v) is 7.13. The SMILES string of the molecule is CC(N(C)Cc1ccc(N)c2cccnc12)C(C)(C)C. The zero-order chi connectivity index (χ0) is 14.9. The van der Waals surface area contributed by atoms with E-state index in [9.17, 15) is 0 Å². The number of fused-ring (bicyclic) bond motifs is 1. The zero-order valence-corrected chi connectivity index (χ0v) is 13.1. The quantitative estimate of drug-likeness (QED) is 0.866. The molecule has 1 aromatic heterocycles. The molecular formula is C17H25N3. The van der Waals surface area contributed by atoms with Gasteiger partial charge in [0.2, 0.25) is 0 Å². The molecule has 2 N–H and O–H groups in total. The summed E-state index contributed by atoms with van der Waals surface area (Å²) in [4.78, 5) is 6.88. The molecule has 1 atom stereocenters. The van der Waals surface area contributed by atoms with Crippen LogP contribution in [0.4, 0.5) is 5.69 Å². The lowest BCUT2D eigenvalue weighted by Gasteiger charge is -2.35. The Kier molecular flexibility index (Phi) is 4.00. The van der Waals surface area contributed by atoms with Crippen LogP contribution in [-0.4, -0.2) is 23.0 Å². The van der Waals surface area contributed by atoms with E-state index in [0.29, 0.717) is 6.04 Å². The van der Waals surface area contributed by atoms with Crippen molar-refractivity contribution in [2.45, 2.75) is 40.3 Å². The highest BCUT2D eigenvalue weighted by Gasteiger charge is 2.24. The summed E-state index contributed by atoms with van der Waals surface area (Å²) in [6.07, 6.45) is 1.83. The van der Waals surface area contributed by atoms with Crippen LogP contribution in [0.1, 0.15) is 33.3 Å². The van der Waals surface area contributed by atoms with E-state index in [1.165, 1.54) is 5.56 Å². The van der Waals surface area contributed by atoms with Crippen LogP contribution in [0, 0.1) is 5.41 Å². The summed E-state index contributed by atoms with van der Waals surface area (Å²) < 4.78 is 0. The zero-order valence-electron chi connectivity index (χ0n) is 13.1. The average Bonchev–Trinajstić information content (AvgIpc) is 2.40. The van der Waals surface area contributed by atoms with Gasteiger partial charge in [0.15, 0.2) is 0 Å². The second-order valence-corrected chi connectivity index (χ2v) is 6.67. The first kappa shape index (κ1) is 14.8. The molecule has 0 fully saturated rings. The van der Waals surface area contributed by atoms with Crippen molar-refractivity contribution < 1.29 is 0 Å². The number of nitrogens with two attached hydrogens (primary N) is 1. The minimum atomic E-state index is 0.256. The fourth-order valence-electron chi connectivity index (χ4n) is 2.45. The van der Waals surface area contributed by atoms with Crippen LogP contribution >= 0.6 is 0 Å². The van der Waals surface area contributed by atoms with Crippen molar-refractivity contribution in [1.29, 1.82) is 0 Å². The summed E-state index contributed by atoms with van der Waals surface area (Å²) in [6.45, 7) is 9.97. The van der Waals surface area contributed by atoms with Gasteiger partial charge in [-0.25, -0.2) is 0 Å². The highest BCUT2D eigenvalue weighted by molar-refractivity contribution is 5.92.